The van der Waals surface area contributed by atoms with Crippen molar-refractivity contribution in [3.63, 3.8) is 0 Å². The molecule has 1 unspecified atom stereocenters. The van der Waals surface area contributed by atoms with Crippen molar-refractivity contribution in [3.8, 4) is 11.6 Å². The minimum absolute atomic E-state index is 0.152. The topological polar surface area (TPSA) is 143 Å². The highest BCUT2D eigenvalue weighted by Gasteiger charge is 2.30. The Labute approximate surface area is 215 Å². The second kappa shape index (κ2) is 11.0. The molecule has 2 aromatic carbocycles. The zero-order chi connectivity index (χ0) is 26.7. The molecule has 1 atom stereocenters. The van der Waals surface area contributed by atoms with Crippen molar-refractivity contribution in [2.24, 2.45) is 14.1 Å². The maximum absolute atomic E-state index is 13.0. The number of hydrogen-bond donors (Lipinski definition) is 2. The summed E-state index contributed by atoms with van der Waals surface area (Å²) in [6.45, 7) is 4.19. The summed E-state index contributed by atoms with van der Waals surface area (Å²) >= 11 is 5.98. The van der Waals surface area contributed by atoms with Crippen LogP contribution in [0.2, 0.25) is 5.02 Å². The second-order valence-electron chi connectivity index (χ2n) is 8.54. The van der Waals surface area contributed by atoms with E-state index in [-0.39, 0.29) is 22.1 Å². The minimum Gasteiger partial charge on any atom is -0.860 e. The number of nitrogens with two attached hydrogens (primary N) is 1. The predicted molar refractivity (Wildman–Crippen MR) is 135 cm³/mol. The third-order valence-corrected chi connectivity index (χ3v) is 6.43. The number of fused-ring (bicyclic) bond motifs is 1. The molecule has 37 heavy (non-hydrogen) atoms. The monoisotopic (exact) mass is 527 g/mol. The SMILES string of the molecule is C1COCC[NH2+]1.Cn1c([O-])c(C(c2ccc(Cl)cc2)c2c(O)c3ccccc3oc2=O)c(=O)n(C)c1=O. The van der Waals surface area contributed by atoms with Crippen LogP contribution in [0.4, 0.5) is 0 Å². The summed E-state index contributed by atoms with van der Waals surface area (Å²) in [4.78, 5) is 38.1. The molecule has 0 saturated carbocycles. The van der Waals surface area contributed by atoms with E-state index in [1.807, 2.05) is 0 Å². The van der Waals surface area contributed by atoms with Gasteiger partial charge in [0.15, 0.2) is 0 Å². The van der Waals surface area contributed by atoms with Gasteiger partial charge in [-0.05, 0) is 35.7 Å². The van der Waals surface area contributed by atoms with Crippen molar-refractivity contribution in [2.45, 2.75) is 5.92 Å². The van der Waals surface area contributed by atoms with E-state index in [1.54, 1.807) is 18.2 Å². The minimum atomic E-state index is -1.30. The molecule has 11 heteroatoms. The van der Waals surface area contributed by atoms with Gasteiger partial charge in [-0.1, -0.05) is 35.9 Å². The zero-order valence-corrected chi connectivity index (χ0v) is 21.0. The van der Waals surface area contributed by atoms with Crippen LogP contribution in [0.3, 0.4) is 0 Å². The Morgan fingerprint density at radius 3 is 2.22 bits per heavy atom. The Hall–Kier alpha value is -3.86. The molecule has 1 fully saturated rings. The van der Waals surface area contributed by atoms with Crippen molar-refractivity contribution in [3.05, 3.63) is 102 Å². The molecular weight excluding hydrogens is 502 g/mol. The average molecular weight is 528 g/mol. The molecule has 0 aliphatic carbocycles. The van der Waals surface area contributed by atoms with Crippen LogP contribution >= 0.6 is 11.6 Å². The molecule has 4 aromatic rings. The number of para-hydroxylation sites is 1. The molecule has 1 aliphatic rings. The maximum atomic E-state index is 13.0. The molecule has 0 amide bonds. The summed E-state index contributed by atoms with van der Waals surface area (Å²) in [6.07, 6.45) is 0. The fraction of sp³-hybridized carbons (Fsp3) is 0.269. The number of halogens is 1. The van der Waals surface area contributed by atoms with Crippen molar-refractivity contribution >= 4 is 22.6 Å². The number of hydrogen-bond acceptors (Lipinski definition) is 7. The van der Waals surface area contributed by atoms with Crippen LogP contribution in [0, 0.1) is 0 Å². The van der Waals surface area contributed by atoms with Gasteiger partial charge in [-0.25, -0.2) is 9.59 Å². The normalized spacial score (nSPS) is 14.1. The average Bonchev–Trinajstić information content (AvgIpc) is 2.92. The summed E-state index contributed by atoms with van der Waals surface area (Å²) in [6, 6.07) is 12.5. The number of aromatic nitrogens is 2. The largest absolute Gasteiger partial charge is 0.860 e. The third kappa shape index (κ3) is 5.17. The lowest BCUT2D eigenvalue weighted by molar-refractivity contribution is -0.670. The van der Waals surface area contributed by atoms with E-state index in [0.717, 1.165) is 35.4 Å². The predicted octanol–water partition coefficient (Wildman–Crippen LogP) is 0.383. The van der Waals surface area contributed by atoms with Crippen LogP contribution in [-0.2, 0) is 18.8 Å². The number of morpholine rings is 1. The smallest absolute Gasteiger partial charge is 0.344 e. The van der Waals surface area contributed by atoms with Crippen molar-refractivity contribution in [1.29, 1.82) is 0 Å². The maximum Gasteiger partial charge on any atom is 0.344 e. The molecule has 2 aromatic heterocycles. The van der Waals surface area contributed by atoms with E-state index in [0.29, 0.717) is 10.6 Å². The van der Waals surface area contributed by atoms with Gasteiger partial charge in [0.25, 0.3) is 5.56 Å². The van der Waals surface area contributed by atoms with Gasteiger partial charge in [0.05, 0.1) is 43.2 Å². The fourth-order valence-corrected chi connectivity index (χ4v) is 4.34. The van der Waals surface area contributed by atoms with Gasteiger partial charge in [-0.15, -0.1) is 0 Å². The number of benzene rings is 2. The molecule has 0 radical (unpaired) electrons. The van der Waals surface area contributed by atoms with Crippen molar-refractivity contribution in [2.75, 3.05) is 26.3 Å². The molecule has 194 valence electrons. The Morgan fingerprint density at radius 1 is 0.973 bits per heavy atom. The lowest BCUT2D eigenvalue weighted by Crippen LogP contribution is -2.87. The number of nitrogens with zero attached hydrogens (tertiary/aromatic N) is 2. The lowest BCUT2D eigenvalue weighted by Gasteiger charge is -2.25. The first-order chi connectivity index (χ1) is 17.7. The molecule has 0 bridgehead atoms. The van der Waals surface area contributed by atoms with E-state index in [1.165, 1.54) is 44.4 Å². The summed E-state index contributed by atoms with van der Waals surface area (Å²) in [7, 11) is 2.46. The molecule has 0 spiro atoms. The molecular formula is C26H26ClN3O7. The van der Waals surface area contributed by atoms with Gasteiger partial charge in [-0.3, -0.25) is 9.36 Å². The molecule has 3 heterocycles. The van der Waals surface area contributed by atoms with Gasteiger partial charge < -0.3 is 29.3 Å². The Kier molecular flexibility index (Phi) is 7.82. The van der Waals surface area contributed by atoms with Crippen molar-refractivity contribution < 1.29 is 24.7 Å². The van der Waals surface area contributed by atoms with Crippen LogP contribution < -0.4 is 27.3 Å². The summed E-state index contributed by atoms with van der Waals surface area (Å²) < 4.78 is 12.0. The zero-order valence-electron chi connectivity index (χ0n) is 20.3. The van der Waals surface area contributed by atoms with Gasteiger partial charge in [0.1, 0.15) is 11.3 Å². The quantitative estimate of drug-likeness (QED) is 0.367. The summed E-state index contributed by atoms with van der Waals surface area (Å²) in [5.41, 5.74) is -2.75. The molecule has 1 aliphatic heterocycles. The third-order valence-electron chi connectivity index (χ3n) is 6.18. The number of aromatic hydroxyl groups is 1. The molecule has 10 nitrogen and oxygen atoms in total. The van der Waals surface area contributed by atoms with Gasteiger partial charge in [0, 0.05) is 24.7 Å². The van der Waals surface area contributed by atoms with Gasteiger partial charge in [0.2, 0.25) is 0 Å². The standard InChI is InChI=1S/C22H17ClN2O6.C4H9NO/c1-24-19(27)17(20(28)25(2)22(24)30)15(11-7-9-12(23)10-8-11)16-18(26)13-5-3-4-6-14(13)31-21(16)29;1-3-6-4-2-5-1/h3-10,15,26-27H,1-2H3;5H,1-4H2. The highest BCUT2D eigenvalue weighted by molar-refractivity contribution is 6.30. The van der Waals surface area contributed by atoms with Crippen LogP contribution in [0.5, 0.6) is 11.6 Å². The number of ether oxygens (including phenoxy) is 1. The highest BCUT2D eigenvalue weighted by Crippen LogP contribution is 2.39. The number of quaternary nitrogens is 1. The van der Waals surface area contributed by atoms with E-state index in [2.05, 4.69) is 5.32 Å². The van der Waals surface area contributed by atoms with Crippen LogP contribution in [0.1, 0.15) is 22.6 Å². The van der Waals surface area contributed by atoms with E-state index in [4.69, 9.17) is 20.8 Å². The summed E-state index contributed by atoms with van der Waals surface area (Å²) in [5, 5.41) is 26.9. The Balaban J connectivity index is 0.000000469. The first-order valence-corrected chi connectivity index (χ1v) is 12.0. The van der Waals surface area contributed by atoms with Crippen LogP contribution in [0.15, 0.2) is 67.3 Å². The highest BCUT2D eigenvalue weighted by atomic mass is 35.5. The Morgan fingerprint density at radius 2 is 1.62 bits per heavy atom. The molecule has 5 rings (SSSR count). The van der Waals surface area contributed by atoms with Crippen molar-refractivity contribution in [1.82, 2.24) is 9.13 Å². The summed E-state index contributed by atoms with van der Waals surface area (Å²) in [5.74, 6) is -2.58. The van der Waals surface area contributed by atoms with E-state index >= 15 is 0 Å². The van der Waals surface area contributed by atoms with Gasteiger partial charge >= 0.3 is 11.3 Å². The first kappa shape index (κ1) is 26.2. The van der Waals surface area contributed by atoms with E-state index in [9.17, 15) is 24.6 Å². The van der Waals surface area contributed by atoms with Gasteiger partial charge in [-0.2, -0.15) is 0 Å². The molecule has 3 N–H and O–H groups in total. The lowest BCUT2D eigenvalue weighted by atomic mass is 9.85. The van der Waals surface area contributed by atoms with E-state index < -0.39 is 34.4 Å². The van der Waals surface area contributed by atoms with Crippen LogP contribution in [-0.4, -0.2) is 40.5 Å². The van der Waals surface area contributed by atoms with Crippen LogP contribution in [0.25, 0.3) is 11.0 Å². The first-order valence-electron chi connectivity index (χ1n) is 11.6. The second-order valence-corrected chi connectivity index (χ2v) is 8.97. The molecule has 1 saturated heterocycles. The number of rotatable bonds is 3. The fourth-order valence-electron chi connectivity index (χ4n) is 4.21. The Bertz CT molecular complexity index is 1590.